The fourth-order valence-corrected chi connectivity index (χ4v) is 3.02. The summed E-state index contributed by atoms with van der Waals surface area (Å²) < 4.78 is 38.2. The van der Waals surface area contributed by atoms with E-state index in [1.54, 1.807) is 12.1 Å². The maximum Gasteiger partial charge on any atom is 0.416 e. The van der Waals surface area contributed by atoms with Crippen LogP contribution in [0, 0.1) is 6.92 Å². The monoisotopic (exact) mass is 345 g/mol. The number of carbonyl (C=O) groups is 1. The van der Waals surface area contributed by atoms with E-state index < -0.39 is 24.4 Å². The van der Waals surface area contributed by atoms with Gasteiger partial charge >= 0.3 is 12.2 Å². The number of nitrogens with zero attached hydrogens (tertiary/aromatic N) is 2. The van der Waals surface area contributed by atoms with Gasteiger partial charge in [-0.3, -0.25) is 0 Å². The molecule has 0 aliphatic carbocycles. The molecule has 24 heavy (non-hydrogen) atoms. The Morgan fingerprint density at radius 1 is 1.42 bits per heavy atom. The number of aliphatic hydroxyl groups is 1. The van der Waals surface area contributed by atoms with Crippen LogP contribution in [0.5, 0.6) is 0 Å². The quantitative estimate of drug-likeness (QED) is 0.886. The van der Waals surface area contributed by atoms with Gasteiger partial charge in [-0.1, -0.05) is 0 Å². The molecule has 2 atom stereocenters. The number of likely N-dealkylation sites (tertiary alicyclic amines) is 1. The molecule has 0 bridgehead atoms. The lowest BCUT2D eigenvalue weighted by Gasteiger charge is -2.30. The zero-order chi connectivity index (χ0) is 18.1. The topological polar surface area (TPSA) is 55.8 Å². The van der Waals surface area contributed by atoms with Crippen LogP contribution in [0.15, 0.2) is 18.2 Å². The van der Waals surface area contributed by atoms with Crippen LogP contribution in [0.1, 0.15) is 18.4 Å². The molecule has 0 aromatic heterocycles. The number of urea groups is 1. The van der Waals surface area contributed by atoms with E-state index in [1.807, 2.05) is 32.0 Å². The van der Waals surface area contributed by atoms with Gasteiger partial charge in [-0.2, -0.15) is 13.2 Å². The third-order valence-electron chi connectivity index (χ3n) is 4.19. The summed E-state index contributed by atoms with van der Waals surface area (Å²) in [4.78, 5) is 15.3. The Hall–Kier alpha value is -1.96. The van der Waals surface area contributed by atoms with Crippen LogP contribution in [-0.2, 0) is 0 Å². The van der Waals surface area contributed by atoms with Gasteiger partial charge in [-0.25, -0.2) is 4.79 Å². The van der Waals surface area contributed by atoms with Gasteiger partial charge in [0.1, 0.15) is 0 Å². The second-order valence-electron chi connectivity index (χ2n) is 6.22. The highest BCUT2D eigenvalue weighted by molar-refractivity contribution is 5.90. The first-order valence-corrected chi connectivity index (χ1v) is 7.71. The van der Waals surface area contributed by atoms with Crippen LogP contribution in [-0.4, -0.2) is 55.0 Å². The number of carbonyl (C=O) groups excluding carboxylic acids is 1. The van der Waals surface area contributed by atoms with E-state index >= 15 is 0 Å². The number of aliphatic hydroxyl groups excluding tert-OH is 1. The van der Waals surface area contributed by atoms with Crippen LogP contribution < -0.4 is 10.2 Å². The maximum atomic E-state index is 12.7. The average Bonchev–Trinajstić information content (AvgIpc) is 2.94. The van der Waals surface area contributed by atoms with E-state index in [0.29, 0.717) is 12.1 Å². The zero-order valence-electron chi connectivity index (χ0n) is 13.9. The summed E-state index contributed by atoms with van der Waals surface area (Å²) in [6, 6.07) is 3.42. The molecule has 1 aromatic carbocycles. The number of halogens is 3. The molecule has 1 aliphatic heterocycles. The van der Waals surface area contributed by atoms with Crippen molar-refractivity contribution in [1.29, 1.82) is 0 Å². The van der Waals surface area contributed by atoms with Crippen LogP contribution in [0.4, 0.5) is 29.3 Å². The predicted molar refractivity (Wildman–Crippen MR) is 86.3 cm³/mol. The van der Waals surface area contributed by atoms with E-state index in [-0.39, 0.29) is 13.0 Å². The van der Waals surface area contributed by atoms with Crippen molar-refractivity contribution in [2.24, 2.45) is 0 Å². The molecule has 0 spiro atoms. The van der Waals surface area contributed by atoms with Gasteiger partial charge in [0.25, 0.3) is 0 Å². The molecule has 0 saturated carbocycles. The van der Waals surface area contributed by atoms with Gasteiger partial charge in [0.2, 0.25) is 0 Å². The Kier molecular flexibility index (Phi) is 5.27. The van der Waals surface area contributed by atoms with Crippen LogP contribution in [0.2, 0.25) is 0 Å². The normalized spacial score (nSPS) is 19.3. The fourth-order valence-electron chi connectivity index (χ4n) is 3.02. The first-order valence-electron chi connectivity index (χ1n) is 7.71. The van der Waals surface area contributed by atoms with Crippen molar-refractivity contribution in [2.75, 3.05) is 30.9 Å². The predicted octanol–water partition coefficient (Wildman–Crippen LogP) is 2.98. The van der Waals surface area contributed by atoms with Gasteiger partial charge in [0.15, 0.2) is 6.10 Å². The standard InChI is InChI=1S/C16H22F3N3O2/c1-10-9-11(6-7-12(10)21(2)3)20-15(24)22-8-4-5-13(22)14(23)16(17,18)19/h6-7,9,13-14,23H,4-5,8H2,1-3H3,(H,20,24). The van der Waals surface area contributed by atoms with Crippen LogP contribution in [0.3, 0.4) is 0 Å². The Bertz CT molecular complexity index is 605. The number of benzene rings is 1. The fraction of sp³-hybridized carbons (Fsp3) is 0.562. The van der Waals surface area contributed by atoms with E-state index in [4.69, 9.17) is 0 Å². The number of aryl methyl sites for hydroxylation is 1. The number of hydrogen-bond acceptors (Lipinski definition) is 3. The largest absolute Gasteiger partial charge is 0.416 e. The molecule has 2 amide bonds. The number of nitrogens with one attached hydrogen (secondary N) is 1. The first-order chi connectivity index (χ1) is 11.1. The molecule has 1 aromatic rings. The molecule has 2 unspecified atom stereocenters. The van der Waals surface area contributed by atoms with Gasteiger partial charge in [0, 0.05) is 32.0 Å². The second kappa shape index (κ2) is 6.88. The number of rotatable bonds is 3. The Labute approximate surface area is 139 Å². The number of alkyl halides is 3. The summed E-state index contributed by atoms with van der Waals surface area (Å²) in [6.45, 7) is 2.08. The lowest BCUT2D eigenvalue weighted by atomic mass is 10.1. The lowest BCUT2D eigenvalue weighted by molar-refractivity contribution is -0.216. The van der Waals surface area contributed by atoms with Crippen molar-refractivity contribution in [3.05, 3.63) is 23.8 Å². The van der Waals surface area contributed by atoms with Crippen molar-refractivity contribution in [3.8, 4) is 0 Å². The minimum atomic E-state index is -4.74. The third-order valence-corrected chi connectivity index (χ3v) is 4.19. The third kappa shape index (κ3) is 3.92. The molecule has 8 heteroatoms. The average molecular weight is 345 g/mol. The SMILES string of the molecule is Cc1cc(NC(=O)N2CCCC2C(O)C(F)(F)F)ccc1N(C)C. The Morgan fingerprint density at radius 3 is 2.62 bits per heavy atom. The molecule has 2 N–H and O–H groups in total. The van der Waals surface area contributed by atoms with E-state index in [0.717, 1.165) is 16.2 Å². The van der Waals surface area contributed by atoms with Crippen molar-refractivity contribution in [2.45, 2.75) is 38.1 Å². The lowest BCUT2D eigenvalue weighted by Crippen LogP contribution is -2.50. The molecule has 1 saturated heterocycles. The maximum absolute atomic E-state index is 12.7. The first kappa shape index (κ1) is 18.4. The molecular formula is C16H22F3N3O2. The second-order valence-corrected chi connectivity index (χ2v) is 6.22. The molecular weight excluding hydrogens is 323 g/mol. The highest BCUT2D eigenvalue weighted by Crippen LogP contribution is 2.31. The highest BCUT2D eigenvalue weighted by atomic mass is 19.4. The smallest absolute Gasteiger partial charge is 0.382 e. The molecule has 134 valence electrons. The van der Waals surface area contributed by atoms with Crippen LogP contribution in [0.25, 0.3) is 0 Å². The van der Waals surface area contributed by atoms with Crippen molar-refractivity contribution < 1.29 is 23.1 Å². The minimum Gasteiger partial charge on any atom is -0.382 e. The van der Waals surface area contributed by atoms with Gasteiger partial charge in [-0.05, 0) is 43.5 Å². The van der Waals surface area contributed by atoms with Crippen molar-refractivity contribution in [3.63, 3.8) is 0 Å². The summed E-state index contributed by atoms with van der Waals surface area (Å²) in [5.74, 6) is 0. The van der Waals surface area contributed by atoms with Crippen molar-refractivity contribution >= 4 is 17.4 Å². The molecule has 1 fully saturated rings. The Balaban J connectivity index is 2.10. The van der Waals surface area contributed by atoms with E-state index in [2.05, 4.69) is 5.32 Å². The summed E-state index contributed by atoms with van der Waals surface area (Å²) in [7, 11) is 3.79. The van der Waals surface area contributed by atoms with E-state index in [9.17, 15) is 23.1 Å². The van der Waals surface area contributed by atoms with Crippen LogP contribution >= 0.6 is 0 Å². The Morgan fingerprint density at radius 2 is 2.08 bits per heavy atom. The molecule has 0 radical (unpaired) electrons. The molecule has 1 aliphatic rings. The number of anilines is 2. The molecule has 2 rings (SSSR count). The molecule has 5 nitrogen and oxygen atoms in total. The van der Waals surface area contributed by atoms with Gasteiger partial charge in [0.05, 0.1) is 6.04 Å². The summed E-state index contributed by atoms with van der Waals surface area (Å²) in [5.41, 5.74) is 2.43. The minimum absolute atomic E-state index is 0.132. The highest BCUT2D eigenvalue weighted by Gasteiger charge is 2.48. The van der Waals surface area contributed by atoms with Crippen molar-refractivity contribution in [1.82, 2.24) is 4.90 Å². The van der Waals surface area contributed by atoms with Gasteiger partial charge < -0.3 is 20.2 Å². The summed E-state index contributed by atoms with van der Waals surface area (Å²) in [6.07, 6.45) is -6.70. The summed E-state index contributed by atoms with van der Waals surface area (Å²) >= 11 is 0. The summed E-state index contributed by atoms with van der Waals surface area (Å²) in [5, 5.41) is 12.1. The number of amides is 2. The molecule has 1 heterocycles. The zero-order valence-corrected chi connectivity index (χ0v) is 13.9. The van der Waals surface area contributed by atoms with Gasteiger partial charge in [-0.15, -0.1) is 0 Å². The number of hydrogen-bond donors (Lipinski definition) is 2. The van der Waals surface area contributed by atoms with E-state index in [1.165, 1.54) is 0 Å².